The number of rotatable bonds is 4. The molecule has 6 rings (SSSR count). The third-order valence-electron chi connectivity index (χ3n) is 6.76. The van der Waals surface area contributed by atoms with E-state index in [1.165, 1.54) is 21.8 Å². The SMILES string of the molecule is N#CC1(c2ccc(-c3ccc(N4CC(n5ccnn5)OC4=O)cc3F)cn2)[C@@H]2CS(=O)C[C@@H]21. The number of hydrogen-bond donors (Lipinski definition) is 0. The average Bonchev–Trinajstić information content (AvgIpc) is 3.33. The average molecular weight is 464 g/mol. The van der Waals surface area contributed by atoms with Crippen LogP contribution < -0.4 is 4.90 Å². The maximum Gasteiger partial charge on any atom is 0.416 e. The van der Waals surface area contributed by atoms with Crippen LogP contribution in [0.15, 0.2) is 48.9 Å². The van der Waals surface area contributed by atoms with Crippen molar-refractivity contribution in [2.45, 2.75) is 11.6 Å². The fourth-order valence-electron chi connectivity index (χ4n) is 4.98. The van der Waals surface area contributed by atoms with Gasteiger partial charge in [-0.15, -0.1) is 5.10 Å². The molecular weight excluding hydrogens is 447 g/mol. The Kier molecular flexibility index (Phi) is 4.35. The molecule has 1 amide bonds. The Hall–Kier alpha value is -3.65. The number of cyclic esters (lactones) is 1. The molecule has 2 aromatic heterocycles. The van der Waals surface area contributed by atoms with Gasteiger partial charge in [-0.3, -0.25) is 14.1 Å². The first-order valence-corrected chi connectivity index (χ1v) is 11.9. The Morgan fingerprint density at radius 2 is 2.06 bits per heavy atom. The molecule has 0 N–H and O–H groups in total. The smallest absolute Gasteiger partial charge is 0.416 e. The summed E-state index contributed by atoms with van der Waals surface area (Å²) in [6.45, 7) is 0.181. The van der Waals surface area contributed by atoms with E-state index >= 15 is 4.39 Å². The predicted molar refractivity (Wildman–Crippen MR) is 115 cm³/mol. The second-order valence-corrected chi connectivity index (χ2v) is 9.94. The Morgan fingerprint density at radius 3 is 2.70 bits per heavy atom. The van der Waals surface area contributed by atoms with Gasteiger partial charge in [-0.1, -0.05) is 11.3 Å². The second-order valence-electron chi connectivity index (χ2n) is 8.40. The molecule has 0 radical (unpaired) electrons. The lowest BCUT2D eigenvalue weighted by molar-refractivity contribution is 0.0922. The maximum absolute atomic E-state index is 15.0. The molecule has 9 nitrogen and oxygen atoms in total. The van der Waals surface area contributed by atoms with Gasteiger partial charge in [-0.25, -0.2) is 13.9 Å². The molecule has 3 fully saturated rings. The van der Waals surface area contributed by atoms with E-state index in [-0.39, 0.29) is 18.4 Å². The summed E-state index contributed by atoms with van der Waals surface area (Å²) in [5, 5.41) is 17.3. The number of halogens is 1. The number of nitriles is 1. The molecule has 1 saturated carbocycles. The van der Waals surface area contributed by atoms with Gasteiger partial charge in [-0.05, 0) is 24.3 Å². The van der Waals surface area contributed by atoms with E-state index in [9.17, 15) is 14.3 Å². The number of ether oxygens (including phenoxy) is 1. The normalized spacial score (nSPS) is 30.1. The van der Waals surface area contributed by atoms with Crippen molar-refractivity contribution in [3.8, 4) is 17.2 Å². The molecule has 4 heterocycles. The van der Waals surface area contributed by atoms with Crippen LogP contribution in [0.2, 0.25) is 0 Å². The van der Waals surface area contributed by atoms with Crippen LogP contribution in [0.4, 0.5) is 14.9 Å². The van der Waals surface area contributed by atoms with Crippen LogP contribution in [-0.4, -0.2) is 48.3 Å². The molecule has 2 saturated heterocycles. The lowest BCUT2D eigenvalue weighted by atomic mass is 9.97. The van der Waals surface area contributed by atoms with Crippen LogP contribution in [0.1, 0.15) is 11.9 Å². The molecule has 2 aliphatic heterocycles. The van der Waals surface area contributed by atoms with Crippen molar-refractivity contribution in [3.63, 3.8) is 0 Å². The summed E-state index contributed by atoms with van der Waals surface area (Å²) in [7, 11) is -0.853. The van der Waals surface area contributed by atoms with E-state index in [2.05, 4.69) is 21.4 Å². The molecule has 1 aromatic carbocycles. The van der Waals surface area contributed by atoms with E-state index in [4.69, 9.17) is 4.74 Å². The Morgan fingerprint density at radius 1 is 1.24 bits per heavy atom. The number of nitrogens with zero attached hydrogens (tertiary/aromatic N) is 6. The van der Waals surface area contributed by atoms with Crippen LogP contribution >= 0.6 is 0 Å². The molecule has 0 spiro atoms. The van der Waals surface area contributed by atoms with E-state index in [0.717, 1.165) is 0 Å². The predicted octanol–water partition coefficient (Wildman–Crippen LogP) is 2.40. The van der Waals surface area contributed by atoms with Crippen LogP contribution in [0.5, 0.6) is 0 Å². The summed E-state index contributed by atoms with van der Waals surface area (Å²) in [5.41, 5.74) is 1.24. The summed E-state index contributed by atoms with van der Waals surface area (Å²) in [5.74, 6) is 0.731. The Labute approximate surface area is 190 Å². The highest BCUT2D eigenvalue weighted by Crippen LogP contribution is 2.62. The minimum atomic E-state index is -0.853. The summed E-state index contributed by atoms with van der Waals surface area (Å²) < 4.78 is 33.4. The van der Waals surface area contributed by atoms with E-state index < -0.39 is 34.4 Å². The highest BCUT2D eigenvalue weighted by molar-refractivity contribution is 7.85. The van der Waals surface area contributed by atoms with Gasteiger partial charge in [-0.2, -0.15) is 5.26 Å². The number of hydrogen-bond acceptors (Lipinski definition) is 7. The summed E-state index contributed by atoms with van der Waals surface area (Å²) >= 11 is 0. The Bertz CT molecular complexity index is 1310. The fourth-order valence-corrected chi connectivity index (χ4v) is 6.90. The number of aromatic nitrogens is 4. The van der Waals surface area contributed by atoms with E-state index in [1.54, 1.807) is 36.7 Å². The third-order valence-corrected chi connectivity index (χ3v) is 8.22. The van der Waals surface area contributed by atoms with Gasteiger partial charge in [0.05, 0.1) is 30.2 Å². The standard InChI is InChI=1S/C22H17FN6O3S/c23-18-7-14(28-9-20(32-21(28)30)29-6-5-26-27-29)2-3-15(18)13-1-4-19(25-8-13)22(12-24)16-10-33(31)11-17(16)22/h1-8,16-17,20H,9-11H2/t16-,17+,20?,22?,33?. The second kappa shape index (κ2) is 7.18. The quantitative estimate of drug-likeness (QED) is 0.582. The molecule has 1 aliphatic carbocycles. The molecule has 0 bridgehead atoms. The molecule has 5 atom stereocenters. The number of anilines is 1. The van der Waals surface area contributed by atoms with Gasteiger partial charge in [0.2, 0.25) is 6.23 Å². The first kappa shape index (κ1) is 20.0. The van der Waals surface area contributed by atoms with Gasteiger partial charge in [0.15, 0.2) is 0 Å². The van der Waals surface area contributed by atoms with Crippen molar-refractivity contribution in [1.29, 1.82) is 5.26 Å². The van der Waals surface area contributed by atoms with Crippen molar-refractivity contribution in [2.75, 3.05) is 23.0 Å². The molecule has 11 heteroatoms. The number of carbonyl (C=O) groups excluding carboxylic acids is 1. The zero-order chi connectivity index (χ0) is 22.7. The summed E-state index contributed by atoms with van der Waals surface area (Å²) in [4.78, 5) is 18.1. The van der Waals surface area contributed by atoms with Crippen molar-refractivity contribution in [2.24, 2.45) is 11.8 Å². The molecule has 3 aromatic rings. The topological polar surface area (TPSA) is 114 Å². The van der Waals surface area contributed by atoms with Crippen LogP contribution in [-0.2, 0) is 21.0 Å². The van der Waals surface area contributed by atoms with Gasteiger partial charge in [0.25, 0.3) is 0 Å². The lowest BCUT2D eigenvalue weighted by Crippen LogP contribution is -2.24. The van der Waals surface area contributed by atoms with Crippen molar-refractivity contribution in [1.82, 2.24) is 20.0 Å². The summed E-state index contributed by atoms with van der Waals surface area (Å²) in [6.07, 6.45) is 3.41. The van der Waals surface area contributed by atoms with Crippen molar-refractivity contribution in [3.05, 3.63) is 60.4 Å². The van der Waals surface area contributed by atoms with Crippen molar-refractivity contribution < 1.29 is 18.1 Å². The van der Waals surface area contributed by atoms with Gasteiger partial charge >= 0.3 is 6.09 Å². The first-order valence-electron chi connectivity index (χ1n) is 10.4. The molecule has 3 unspecified atom stereocenters. The third kappa shape index (κ3) is 2.97. The summed E-state index contributed by atoms with van der Waals surface area (Å²) in [6, 6.07) is 10.4. The minimum absolute atomic E-state index is 0.0827. The Balaban J connectivity index is 1.23. The number of pyridine rings is 1. The zero-order valence-corrected chi connectivity index (χ0v) is 18.0. The molecule has 33 heavy (non-hydrogen) atoms. The monoisotopic (exact) mass is 464 g/mol. The number of amides is 1. The minimum Gasteiger partial charge on any atom is -0.421 e. The highest BCUT2D eigenvalue weighted by atomic mass is 32.2. The van der Waals surface area contributed by atoms with Gasteiger partial charge in [0, 0.05) is 57.7 Å². The van der Waals surface area contributed by atoms with Crippen LogP contribution in [0.3, 0.4) is 0 Å². The van der Waals surface area contributed by atoms with E-state index in [1.807, 2.05) is 0 Å². The highest BCUT2D eigenvalue weighted by Gasteiger charge is 2.70. The molecule has 3 aliphatic rings. The maximum atomic E-state index is 15.0. The number of carbonyl (C=O) groups is 1. The van der Waals surface area contributed by atoms with Crippen molar-refractivity contribution >= 4 is 22.6 Å². The number of fused-ring (bicyclic) bond motifs is 1. The fraction of sp³-hybridized carbons (Fsp3) is 0.318. The van der Waals surface area contributed by atoms with Crippen LogP contribution in [0.25, 0.3) is 11.1 Å². The molecular formula is C22H17FN6O3S. The first-order chi connectivity index (χ1) is 16.0. The zero-order valence-electron chi connectivity index (χ0n) is 17.2. The van der Waals surface area contributed by atoms with Crippen LogP contribution in [0, 0.1) is 29.0 Å². The van der Waals surface area contributed by atoms with Gasteiger partial charge < -0.3 is 4.74 Å². The van der Waals surface area contributed by atoms with E-state index in [0.29, 0.717) is 34.0 Å². The molecule has 166 valence electrons. The lowest BCUT2D eigenvalue weighted by Gasteiger charge is -2.15. The largest absolute Gasteiger partial charge is 0.421 e. The van der Waals surface area contributed by atoms with Gasteiger partial charge in [0.1, 0.15) is 11.2 Å². The number of benzene rings is 1.